The zero-order valence-electron chi connectivity index (χ0n) is 16.6. The summed E-state index contributed by atoms with van der Waals surface area (Å²) in [5.41, 5.74) is 0.822. The summed E-state index contributed by atoms with van der Waals surface area (Å²) in [5, 5.41) is 18.1. The molecule has 8 nitrogen and oxygen atoms in total. The maximum absolute atomic E-state index is 12.5. The number of aliphatic carboxylic acids is 1. The number of ether oxygens (including phenoxy) is 2. The number of rotatable bonds is 9. The van der Waals surface area contributed by atoms with Crippen molar-refractivity contribution in [2.75, 3.05) is 6.61 Å². The first-order chi connectivity index (χ1) is 14.8. The quantitative estimate of drug-likeness (QED) is 0.357. The lowest BCUT2D eigenvalue weighted by Gasteiger charge is -2.15. The summed E-state index contributed by atoms with van der Waals surface area (Å²) in [5.74, 6) is -4.40. The summed E-state index contributed by atoms with van der Waals surface area (Å²) >= 11 is 0. The van der Waals surface area contributed by atoms with Crippen molar-refractivity contribution < 1.29 is 38.9 Å². The van der Waals surface area contributed by atoms with Gasteiger partial charge in [0.25, 0.3) is 0 Å². The van der Waals surface area contributed by atoms with E-state index in [4.69, 9.17) is 14.6 Å². The summed E-state index contributed by atoms with van der Waals surface area (Å²) in [4.78, 5) is 46.1. The van der Waals surface area contributed by atoms with Crippen LogP contribution in [0, 0.1) is 0 Å². The Labute approximate surface area is 178 Å². The standard InChI is InChI=1S/C23H20O8/c1-15(14-30-20(26)13-12-19(24)25)31-23(29)18-9-5-8-17(21(18)22(27)28)11-10-16-6-3-2-4-7-16/h2-13,15H,14H2,1H3,(H,24,25)(H,27,28)/b11-10?,13-12-. The van der Waals surface area contributed by atoms with Crippen LogP contribution in [0.15, 0.2) is 60.7 Å². The van der Waals surface area contributed by atoms with Crippen LogP contribution in [0.1, 0.15) is 38.8 Å². The van der Waals surface area contributed by atoms with Crippen molar-refractivity contribution in [1.82, 2.24) is 0 Å². The lowest BCUT2D eigenvalue weighted by Crippen LogP contribution is -2.23. The topological polar surface area (TPSA) is 127 Å². The molecule has 0 fully saturated rings. The van der Waals surface area contributed by atoms with Gasteiger partial charge in [0.2, 0.25) is 0 Å². The van der Waals surface area contributed by atoms with Crippen LogP contribution in [0.3, 0.4) is 0 Å². The zero-order chi connectivity index (χ0) is 22.8. The summed E-state index contributed by atoms with van der Waals surface area (Å²) in [7, 11) is 0. The Balaban J connectivity index is 2.13. The van der Waals surface area contributed by atoms with Crippen molar-refractivity contribution >= 4 is 36.0 Å². The fraction of sp³-hybridized carbons (Fsp3) is 0.130. The second kappa shape index (κ2) is 11.1. The van der Waals surface area contributed by atoms with E-state index in [1.54, 1.807) is 18.2 Å². The van der Waals surface area contributed by atoms with Crippen LogP contribution in [0.4, 0.5) is 0 Å². The van der Waals surface area contributed by atoms with E-state index in [2.05, 4.69) is 0 Å². The monoisotopic (exact) mass is 424 g/mol. The summed E-state index contributed by atoms with van der Waals surface area (Å²) < 4.78 is 9.96. The molecule has 0 aliphatic rings. The van der Waals surface area contributed by atoms with Crippen molar-refractivity contribution in [3.8, 4) is 0 Å². The molecule has 160 valence electrons. The molecule has 2 aromatic carbocycles. The van der Waals surface area contributed by atoms with Gasteiger partial charge in [-0.05, 0) is 24.1 Å². The third-order valence-corrected chi connectivity index (χ3v) is 3.92. The number of aromatic carboxylic acids is 1. The molecule has 2 aromatic rings. The molecule has 0 aromatic heterocycles. The minimum absolute atomic E-state index is 0.147. The first kappa shape index (κ1) is 23.1. The molecular formula is C23H20O8. The van der Waals surface area contributed by atoms with Crippen LogP contribution < -0.4 is 0 Å². The lowest BCUT2D eigenvalue weighted by atomic mass is 10.00. The summed E-state index contributed by atoms with van der Waals surface area (Å²) in [6.45, 7) is 1.12. The number of carbonyl (C=O) groups is 4. The molecule has 0 heterocycles. The van der Waals surface area contributed by atoms with Crippen molar-refractivity contribution in [3.63, 3.8) is 0 Å². The van der Waals surface area contributed by atoms with Gasteiger partial charge in [0.1, 0.15) is 12.7 Å². The van der Waals surface area contributed by atoms with Gasteiger partial charge in [0, 0.05) is 12.2 Å². The highest BCUT2D eigenvalue weighted by Crippen LogP contribution is 2.20. The molecule has 0 radical (unpaired) electrons. The Kier molecular flexibility index (Phi) is 8.27. The number of hydrogen-bond donors (Lipinski definition) is 2. The van der Waals surface area contributed by atoms with Crippen LogP contribution in [-0.2, 0) is 19.1 Å². The van der Waals surface area contributed by atoms with Crippen molar-refractivity contribution in [1.29, 1.82) is 0 Å². The van der Waals surface area contributed by atoms with Crippen LogP contribution in [0.25, 0.3) is 12.2 Å². The zero-order valence-corrected chi connectivity index (χ0v) is 16.6. The van der Waals surface area contributed by atoms with Gasteiger partial charge >= 0.3 is 23.9 Å². The molecule has 1 atom stereocenters. The Morgan fingerprint density at radius 3 is 2.29 bits per heavy atom. The third-order valence-electron chi connectivity index (χ3n) is 3.92. The molecule has 0 amide bonds. The molecule has 0 aliphatic carbocycles. The van der Waals surface area contributed by atoms with Gasteiger partial charge in [-0.1, -0.05) is 54.6 Å². The van der Waals surface area contributed by atoms with Gasteiger partial charge < -0.3 is 19.7 Å². The molecule has 0 aliphatic heterocycles. The number of carbonyl (C=O) groups excluding carboxylic acids is 2. The Morgan fingerprint density at radius 2 is 1.65 bits per heavy atom. The Hall–Kier alpha value is -4.20. The van der Waals surface area contributed by atoms with E-state index in [1.165, 1.54) is 19.1 Å². The van der Waals surface area contributed by atoms with Crippen molar-refractivity contribution in [2.45, 2.75) is 13.0 Å². The van der Waals surface area contributed by atoms with E-state index in [9.17, 15) is 24.3 Å². The van der Waals surface area contributed by atoms with Crippen molar-refractivity contribution in [2.24, 2.45) is 0 Å². The van der Waals surface area contributed by atoms with E-state index in [0.717, 1.165) is 11.6 Å². The van der Waals surface area contributed by atoms with Gasteiger partial charge in [-0.15, -0.1) is 0 Å². The number of benzene rings is 2. The molecular weight excluding hydrogens is 404 g/mol. The predicted octanol–water partition coefficient (Wildman–Crippen LogP) is 3.28. The first-order valence-corrected chi connectivity index (χ1v) is 9.16. The summed E-state index contributed by atoms with van der Waals surface area (Å²) in [6, 6.07) is 13.7. The van der Waals surface area contributed by atoms with Gasteiger partial charge in [-0.25, -0.2) is 19.2 Å². The van der Waals surface area contributed by atoms with E-state index in [-0.39, 0.29) is 17.7 Å². The minimum Gasteiger partial charge on any atom is -0.478 e. The summed E-state index contributed by atoms with van der Waals surface area (Å²) in [6.07, 6.45) is 3.77. The second-order valence-corrected chi connectivity index (χ2v) is 6.34. The average molecular weight is 424 g/mol. The molecule has 2 N–H and O–H groups in total. The van der Waals surface area contributed by atoms with E-state index >= 15 is 0 Å². The highest BCUT2D eigenvalue weighted by Gasteiger charge is 2.22. The van der Waals surface area contributed by atoms with Gasteiger partial charge in [-0.2, -0.15) is 0 Å². The van der Waals surface area contributed by atoms with Gasteiger partial charge in [-0.3, -0.25) is 0 Å². The molecule has 8 heteroatoms. The fourth-order valence-electron chi connectivity index (χ4n) is 2.54. The molecule has 0 bridgehead atoms. The Morgan fingerprint density at radius 1 is 0.935 bits per heavy atom. The van der Waals surface area contributed by atoms with Crippen LogP contribution in [-0.4, -0.2) is 46.8 Å². The molecule has 0 saturated heterocycles. The van der Waals surface area contributed by atoms with Crippen LogP contribution in [0.5, 0.6) is 0 Å². The number of carboxylic acids is 2. The average Bonchev–Trinajstić information content (AvgIpc) is 2.75. The van der Waals surface area contributed by atoms with Gasteiger partial charge in [0.15, 0.2) is 0 Å². The van der Waals surface area contributed by atoms with E-state index in [1.807, 2.05) is 30.3 Å². The largest absolute Gasteiger partial charge is 0.478 e. The van der Waals surface area contributed by atoms with E-state index < -0.39 is 30.0 Å². The molecule has 2 rings (SSSR count). The Bertz CT molecular complexity index is 1020. The minimum atomic E-state index is -1.31. The van der Waals surface area contributed by atoms with E-state index in [0.29, 0.717) is 11.6 Å². The SMILES string of the molecule is CC(COC(=O)/C=C\C(=O)O)OC(=O)c1cccc(C=Cc2ccccc2)c1C(=O)O. The third kappa shape index (κ3) is 7.28. The molecule has 0 saturated carbocycles. The van der Waals surface area contributed by atoms with Crippen LogP contribution in [0.2, 0.25) is 0 Å². The van der Waals surface area contributed by atoms with Crippen LogP contribution >= 0.6 is 0 Å². The highest BCUT2D eigenvalue weighted by atomic mass is 16.6. The normalized spacial score (nSPS) is 11.9. The number of carboxylic acid groups (broad SMARTS) is 2. The smallest absolute Gasteiger partial charge is 0.339 e. The first-order valence-electron chi connectivity index (χ1n) is 9.16. The van der Waals surface area contributed by atoms with Crippen molar-refractivity contribution in [3.05, 3.63) is 82.9 Å². The number of esters is 2. The molecule has 0 spiro atoms. The maximum atomic E-state index is 12.5. The van der Waals surface area contributed by atoms with Gasteiger partial charge in [0.05, 0.1) is 11.1 Å². The maximum Gasteiger partial charge on any atom is 0.339 e. The molecule has 1 unspecified atom stereocenters. The highest BCUT2D eigenvalue weighted by molar-refractivity contribution is 6.05. The second-order valence-electron chi connectivity index (χ2n) is 6.34. The predicted molar refractivity (Wildman–Crippen MR) is 111 cm³/mol. The lowest BCUT2D eigenvalue weighted by molar-refractivity contribution is -0.141. The fourth-order valence-corrected chi connectivity index (χ4v) is 2.54. The number of hydrogen-bond acceptors (Lipinski definition) is 6. The molecule has 31 heavy (non-hydrogen) atoms.